The fourth-order valence-electron chi connectivity index (χ4n) is 1.45. The van der Waals surface area contributed by atoms with E-state index in [0.29, 0.717) is 12.2 Å². The van der Waals surface area contributed by atoms with Crippen LogP contribution in [-0.2, 0) is 6.42 Å². The molecule has 0 aromatic heterocycles. The minimum absolute atomic E-state index is 0.373. The molecule has 1 aromatic rings. The van der Waals surface area contributed by atoms with Gasteiger partial charge in [-0.25, -0.2) is 0 Å². The maximum atomic E-state index is 11.3. The molecule has 14 heavy (non-hydrogen) atoms. The smallest absolute Gasteiger partial charge is 0.264 e. The van der Waals surface area contributed by atoms with Crippen LogP contribution in [0.2, 0.25) is 0 Å². The van der Waals surface area contributed by atoms with E-state index >= 15 is 0 Å². The Hall–Kier alpha value is -2.02. The Morgan fingerprint density at radius 3 is 3.21 bits per heavy atom. The number of rotatable bonds is 1. The van der Waals surface area contributed by atoms with Gasteiger partial charge in [-0.15, -0.1) is 0 Å². The van der Waals surface area contributed by atoms with E-state index in [1.54, 1.807) is 24.4 Å². The fraction of sp³-hybridized carbons (Fsp3) is 0.200. The minimum Gasteiger partial charge on any atom is -0.493 e. The molecule has 1 amide bonds. The molecular weight excluding hydrogens is 180 g/mol. The van der Waals surface area contributed by atoms with Crippen molar-refractivity contribution in [3.05, 3.63) is 29.3 Å². The Balaban J connectivity index is 2.29. The van der Waals surface area contributed by atoms with Gasteiger partial charge in [0.2, 0.25) is 0 Å². The largest absolute Gasteiger partial charge is 0.493 e. The third-order valence-electron chi connectivity index (χ3n) is 2.12. The summed E-state index contributed by atoms with van der Waals surface area (Å²) in [6.45, 7) is 0.665. The lowest BCUT2D eigenvalue weighted by atomic mass is 10.1. The van der Waals surface area contributed by atoms with Gasteiger partial charge in [0.15, 0.2) is 6.19 Å². The second-order valence-electron chi connectivity index (χ2n) is 2.99. The number of ether oxygens (including phenoxy) is 1. The van der Waals surface area contributed by atoms with Gasteiger partial charge in [-0.2, -0.15) is 5.26 Å². The second kappa shape index (κ2) is 3.38. The van der Waals surface area contributed by atoms with Crippen molar-refractivity contribution in [1.82, 2.24) is 5.32 Å². The Kier molecular flexibility index (Phi) is 2.07. The highest BCUT2D eigenvalue weighted by molar-refractivity contribution is 5.95. The van der Waals surface area contributed by atoms with E-state index in [0.717, 1.165) is 17.7 Å². The number of hydrogen-bond donors (Lipinski definition) is 1. The summed E-state index contributed by atoms with van der Waals surface area (Å²) >= 11 is 0. The molecule has 0 atom stereocenters. The number of hydrogen-bond acceptors (Lipinski definition) is 3. The van der Waals surface area contributed by atoms with E-state index in [2.05, 4.69) is 5.32 Å². The Morgan fingerprint density at radius 2 is 2.43 bits per heavy atom. The summed E-state index contributed by atoms with van der Waals surface area (Å²) in [4.78, 5) is 11.3. The van der Waals surface area contributed by atoms with Crippen LogP contribution in [0.4, 0.5) is 0 Å². The van der Waals surface area contributed by atoms with Crippen molar-refractivity contribution >= 4 is 5.91 Å². The Bertz CT molecular complexity index is 421. The van der Waals surface area contributed by atoms with Crippen LogP contribution < -0.4 is 10.1 Å². The average Bonchev–Trinajstić information content (AvgIpc) is 2.64. The van der Waals surface area contributed by atoms with Gasteiger partial charge in [-0.3, -0.25) is 10.1 Å². The molecule has 0 fully saturated rings. The molecule has 1 aliphatic rings. The lowest BCUT2D eigenvalue weighted by Gasteiger charge is -2.01. The summed E-state index contributed by atoms with van der Waals surface area (Å²) in [5, 5.41) is 10.4. The highest BCUT2D eigenvalue weighted by Crippen LogP contribution is 2.25. The number of carbonyl (C=O) groups is 1. The topological polar surface area (TPSA) is 62.1 Å². The molecule has 0 radical (unpaired) electrons. The van der Waals surface area contributed by atoms with Crippen molar-refractivity contribution in [2.75, 3.05) is 6.61 Å². The van der Waals surface area contributed by atoms with E-state index in [-0.39, 0.29) is 5.91 Å². The summed E-state index contributed by atoms with van der Waals surface area (Å²) in [6, 6.07) is 5.17. The van der Waals surface area contributed by atoms with Crippen molar-refractivity contribution in [2.24, 2.45) is 0 Å². The molecule has 1 N–H and O–H groups in total. The summed E-state index contributed by atoms with van der Waals surface area (Å²) in [5.74, 6) is 0.459. The molecule has 0 spiro atoms. The number of benzene rings is 1. The maximum Gasteiger partial charge on any atom is 0.264 e. The normalized spacial score (nSPS) is 12.5. The molecule has 4 nitrogen and oxygen atoms in total. The predicted octanol–water partition coefficient (Wildman–Crippen LogP) is 0.832. The third-order valence-corrected chi connectivity index (χ3v) is 2.12. The zero-order valence-corrected chi connectivity index (χ0v) is 7.41. The molecular formula is C10H8N2O2. The summed E-state index contributed by atoms with van der Waals surface area (Å²) in [5.41, 5.74) is 1.52. The van der Waals surface area contributed by atoms with E-state index in [1.807, 2.05) is 0 Å². The highest BCUT2D eigenvalue weighted by atomic mass is 16.5. The number of nitriles is 1. The molecule has 0 bridgehead atoms. The first-order valence-electron chi connectivity index (χ1n) is 4.26. The first kappa shape index (κ1) is 8.57. The fourth-order valence-corrected chi connectivity index (χ4v) is 1.45. The number of carbonyl (C=O) groups excluding carboxylic acids is 1. The summed E-state index contributed by atoms with van der Waals surface area (Å²) < 4.78 is 5.30. The Morgan fingerprint density at radius 1 is 1.57 bits per heavy atom. The van der Waals surface area contributed by atoms with Crippen LogP contribution >= 0.6 is 0 Å². The first-order valence-corrected chi connectivity index (χ1v) is 4.26. The molecule has 4 heteroatoms. The van der Waals surface area contributed by atoms with Crippen LogP contribution in [0.15, 0.2) is 18.2 Å². The number of nitrogens with zero attached hydrogens (tertiary/aromatic N) is 1. The van der Waals surface area contributed by atoms with E-state index in [1.165, 1.54) is 0 Å². The van der Waals surface area contributed by atoms with E-state index < -0.39 is 0 Å². The third kappa shape index (κ3) is 1.40. The van der Waals surface area contributed by atoms with Crippen molar-refractivity contribution < 1.29 is 9.53 Å². The minimum atomic E-state index is -0.373. The van der Waals surface area contributed by atoms with Crippen LogP contribution in [0.25, 0.3) is 0 Å². The molecule has 0 aliphatic carbocycles. The molecule has 1 aliphatic heterocycles. The van der Waals surface area contributed by atoms with Gasteiger partial charge in [0.25, 0.3) is 5.91 Å². The van der Waals surface area contributed by atoms with Gasteiger partial charge in [0, 0.05) is 12.0 Å². The average molecular weight is 188 g/mol. The lowest BCUT2D eigenvalue weighted by molar-refractivity contribution is 0.0973. The summed E-state index contributed by atoms with van der Waals surface area (Å²) in [6.07, 6.45) is 2.43. The molecule has 1 heterocycles. The zero-order chi connectivity index (χ0) is 9.97. The number of nitrogens with one attached hydrogen (secondary N) is 1. The van der Waals surface area contributed by atoms with Crippen molar-refractivity contribution in [3.8, 4) is 11.9 Å². The molecule has 1 aromatic carbocycles. The first-order chi connectivity index (χ1) is 6.81. The SMILES string of the molecule is N#CNC(=O)c1ccc2c(c1)CCO2. The van der Waals surface area contributed by atoms with Gasteiger partial charge in [-0.05, 0) is 23.8 Å². The van der Waals surface area contributed by atoms with Gasteiger partial charge in [0.1, 0.15) is 5.75 Å². The Labute approximate surface area is 81.1 Å². The van der Waals surface area contributed by atoms with E-state index in [4.69, 9.17) is 10.00 Å². The van der Waals surface area contributed by atoms with E-state index in [9.17, 15) is 4.79 Å². The van der Waals surface area contributed by atoms with Crippen LogP contribution in [0.5, 0.6) is 5.75 Å². The molecule has 2 rings (SSSR count). The van der Waals surface area contributed by atoms with Gasteiger partial charge in [0.05, 0.1) is 6.61 Å². The quantitative estimate of drug-likeness (QED) is 0.524. The zero-order valence-electron chi connectivity index (χ0n) is 7.41. The molecule has 0 saturated heterocycles. The van der Waals surface area contributed by atoms with Gasteiger partial charge >= 0.3 is 0 Å². The highest BCUT2D eigenvalue weighted by Gasteiger charge is 2.14. The second-order valence-corrected chi connectivity index (χ2v) is 2.99. The monoisotopic (exact) mass is 188 g/mol. The predicted molar refractivity (Wildman–Crippen MR) is 48.7 cm³/mol. The van der Waals surface area contributed by atoms with Gasteiger partial charge < -0.3 is 4.74 Å². The van der Waals surface area contributed by atoms with Crippen LogP contribution in [0.1, 0.15) is 15.9 Å². The standard InChI is InChI=1S/C10H8N2O2/c11-6-12-10(13)8-1-2-9-7(5-8)3-4-14-9/h1-2,5H,3-4H2,(H,12,13). The van der Waals surface area contributed by atoms with Crippen molar-refractivity contribution in [1.29, 1.82) is 5.26 Å². The number of amides is 1. The number of fused-ring (bicyclic) bond motifs is 1. The van der Waals surface area contributed by atoms with Crippen molar-refractivity contribution in [2.45, 2.75) is 6.42 Å². The van der Waals surface area contributed by atoms with Crippen LogP contribution in [0, 0.1) is 11.5 Å². The van der Waals surface area contributed by atoms with Crippen LogP contribution in [-0.4, -0.2) is 12.5 Å². The summed E-state index contributed by atoms with van der Waals surface area (Å²) in [7, 11) is 0. The molecule has 70 valence electrons. The molecule has 0 saturated carbocycles. The van der Waals surface area contributed by atoms with Crippen LogP contribution in [0.3, 0.4) is 0 Å². The maximum absolute atomic E-state index is 11.3. The van der Waals surface area contributed by atoms with Crippen molar-refractivity contribution in [3.63, 3.8) is 0 Å². The lowest BCUT2D eigenvalue weighted by Crippen LogP contribution is -2.17. The molecule has 0 unspecified atom stereocenters. The van der Waals surface area contributed by atoms with Gasteiger partial charge in [-0.1, -0.05) is 0 Å².